The standard InChI is InChI=1S/C22H22ClF3N4O2/c1-13-10-17(23)6-7-18(13)32-14(2)21(31)29-9-3-4-15(11-29)20-28-27-19-8-5-16(12-30(19)20)22(24,25)26/h5-8,10,12,14-15H,3-4,9,11H2,1-2H3. The second kappa shape index (κ2) is 8.61. The number of carbonyl (C=O) groups excluding carboxylic acids is 1. The quantitative estimate of drug-likeness (QED) is 0.549. The summed E-state index contributed by atoms with van der Waals surface area (Å²) in [5.41, 5.74) is 0.394. The zero-order valence-electron chi connectivity index (χ0n) is 17.6. The second-order valence-electron chi connectivity index (χ2n) is 8.00. The summed E-state index contributed by atoms with van der Waals surface area (Å²) < 4.78 is 46.7. The monoisotopic (exact) mass is 466 g/mol. The van der Waals surface area contributed by atoms with Crippen molar-refractivity contribution in [1.29, 1.82) is 0 Å². The van der Waals surface area contributed by atoms with Crippen molar-refractivity contribution in [2.75, 3.05) is 13.1 Å². The van der Waals surface area contributed by atoms with Crippen molar-refractivity contribution >= 4 is 23.2 Å². The molecule has 0 radical (unpaired) electrons. The molecule has 1 aliphatic rings. The number of aryl methyl sites for hydroxylation is 1. The van der Waals surface area contributed by atoms with Gasteiger partial charge in [-0.1, -0.05) is 11.6 Å². The molecule has 0 bridgehead atoms. The van der Waals surface area contributed by atoms with Crippen molar-refractivity contribution in [3.63, 3.8) is 0 Å². The van der Waals surface area contributed by atoms with Crippen molar-refractivity contribution < 1.29 is 22.7 Å². The molecule has 0 aliphatic carbocycles. The molecule has 3 aromatic rings. The Labute approximate surface area is 187 Å². The number of halogens is 4. The Balaban J connectivity index is 1.51. The van der Waals surface area contributed by atoms with E-state index < -0.39 is 17.8 Å². The first-order valence-corrected chi connectivity index (χ1v) is 10.6. The van der Waals surface area contributed by atoms with E-state index in [1.807, 2.05) is 6.92 Å². The zero-order valence-corrected chi connectivity index (χ0v) is 18.3. The molecule has 4 rings (SSSR count). The van der Waals surface area contributed by atoms with E-state index in [-0.39, 0.29) is 11.8 Å². The highest BCUT2D eigenvalue weighted by molar-refractivity contribution is 6.30. The predicted molar refractivity (Wildman–Crippen MR) is 113 cm³/mol. The number of hydrogen-bond donors (Lipinski definition) is 0. The highest BCUT2D eigenvalue weighted by Crippen LogP contribution is 2.32. The maximum absolute atomic E-state index is 13.2. The summed E-state index contributed by atoms with van der Waals surface area (Å²) >= 11 is 5.97. The number of amides is 1. The molecule has 2 unspecified atom stereocenters. The summed E-state index contributed by atoms with van der Waals surface area (Å²) in [6, 6.07) is 7.47. The molecule has 1 aliphatic heterocycles. The van der Waals surface area contributed by atoms with Gasteiger partial charge in [-0.15, -0.1) is 10.2 Å². The average molecular weight is 467 g/mol. The number of aromatic nitrogens is 3. The molecule has 10 heteroatoms. The van der Waals surface area contributed by atoms with Gasteiger partial charge in [0.05, 0.1) is 5.56 Å². The van der Waals surface area contributed by atoms with Gasteiger partial charge in [0, 0.05) is 30.2 Å². The lowest BCUT2D eigenvalue weighted by molar-refractivity contribution is -0.139. The van der Waals surface area contributed by atoms with Crippen molar-refractivity contribution in [2.45, 2.75) is 44.9 Å². The Morgan fingerprint density at radius 2 is 2.03 bits per heavy atom. The van der Waals surface area contributed by atoms with Crippen molar-refractivity contribution in [3.05, 3.63) is 58.5 Å². The minimum atomic E-state index is -4.46. The first-order valence-electron chi connectivity index (χ1n) is 10.3. The van der Waals surface area contributed by atoms with Crippen LogP contribution in [0.5, 0.6) is 5.75 Å². The lowest BCUT2D eigenvalue weighted by atomic mass is 9.96. The van der Waals surface area contributed by atoms with Crippen LogP contribution in [0.4, 0.5) is 13.2 Å². The normalized spacial score (nSPS) is 18.1. The minimum absolute atomic E-state index is 0.186. The minimum Gasteiger partial charge on any atom is -0.481 e. The maximum atomic E-state index is 13.2. The molecule has 0 N–H and O–H groups in total. The van der Waals surface area contributed by atoms with Gasteiger partial charge in [-0.25, -0.2) is 0 Å². The van der Waals surface area contributed by atoms with E-state index in [9.17, 15) is 18.0 Å². The topological polar surface area (TPSA) is 59.7 Å². The number of rotatable bonds is 4. The fourth-order valence-electron chi connectivity index (χ4n) is 3.99. The number of carbonyl (C=O) groups is 1. The van der Waals surface area contributed by atoms with E-state index in [2.05, 4.69) is 10.2 Å². The fourth-order valence-corrected chi connectivity index (χ4v) is 4.21. The Bertz CT molecular complexity index is 1150. The Hall–Kier alpha value is -2.81. The van der Waals surface area contributed by atoms with Crippen LogP contribution in [0, 0.1) is 6.92 Å². The maximum Gasteiger partial charge on any atom is 0.417 e. The van der Waals surface area contributed by atoms with E-state index in [0.29, 0.717) is 48.2 Å². The number of hydrogen-bond acceptors (Lipinski definition) is 4. The molecular formula is C22H22ClF3N4O2. The van der Waals surface area contributed by atoms with Crippen LogP contribution in [-0.2, 0) is 11.0 Å². The third kappa shape index (κ3) is 4.53. The van der Waals surface area contributed by atoms with Crippen LogP contribution >= 0.6 is 11.6 Å². The first-order chi connectivity index (χ1) is 15.1. The molecule has 1 fully saturated rings. The summed E-state index contributed by atoms with van der Waals surface area (Å²) in [5, 5.41) is 8.72. The summed E-state index contributed by atoms with van der Waals surface area (Å²) in [7, 11) is 0. The summed E-state index contributed by atoms with van der Waals surface area (Å²) in [6.07, 6.45) is -2.76. The van der Waals surface area contributed by atoms with Crippen LogP contribution in [0.3, 0.4) is 0 Å². The number of alkyl halides is 3. The highest BCUT2D eigenvalue weighted by Gasteiger charge is 2.33. The molecule has 2 atom stereocenters. The van der Waals surface area contributed by atoms with Crippen molar-refractivity contribution in [1.82, 2.24) is 19.5 Å². The number of likely N-dealkylation sites (tertiary alicyclic amines) is 1. The summed E-state index contributed by atoms with van der Waals surface area (Å²) in [5.74, 6) is 0.585. The third-order valence-electron chi connectivity index (χ3n) is 5.64. The van der Waals surface area contributed by atoms with E-state index in [0.717, 1.165) is 17.8 Å². The Morgan fingerprint density at radius 1 is 1.25 bits per heavy atom. The molecule has 1 amide bonds. The van der Waals surface area contributed by atoms with Gasteiger partial charge >= 0.3 is 6.18 Å². The smallest absolute Gasteiger partial charge is 0.417 e. The number of fused-ring (bicyclic) bond motifs is 1. The molecule has 3 heterocycles. The van der Waals surface area contributed by atoms with Gasteiger partial charge in [0.1, 0.15) is 11.6 Å². The molecule has 32 heavy (non-hydrogen) atoms. The van der Waals surface area contributed by atoms with Gasteiger partial charge in [0.15, 0.2) is 11.8 Å². The van der Waals surface area contributed by atoms with E-state index in [4.69, 9.17) is 16.3 Å². The highest BCUT2D eigenvalue weighted by atomic mass is 35.5. The van der Waals surface area contributed by atoms with Gasteiger partial charge in [0.2, 0.25) is 0 Å². The van der Waals surface area contributed by atoms with Gasteiger partial charge < -0.3 is 9.64 Å². The molecule has 0 saturated carbocycles. The second-order valence-corrected chi connectivity index (χ2v) is 8.43. The molecule has 170 valence electrons. The molecule has 1 aromatic carbocycles. The molecule has 0 spiro atoms. The van der Waals surface area contributed by atoms with Crippen LogP contribution in [0.1, 0.15) is 42.6 Å². The number of piperidine rings is 1. The van der Waals surface area contributed by atoms with Crippen molar-refractivity contribution in [2.24, 2.45) is 0 Å². The van der Waals surface area contributed by atoms with E-state index in [1.165, 1.54) is 10.5 Å². The Morgan fingerprint density at radius 3 is 2.75 bits per heavy atom. The van der Waals surface area contributed by atoms with Crippen LogP contribution in [0.25, 0.3) is 5.65 Å². The number of ether oxygens (including phenoxy) is 1. The summed E-state index contributed by atoms with van der Waals surface area (Å²) in [6.45, 7) is 4.42. The van der Waals surface area contributed by atoms with Gasteiger partial charge in [-0.05, 0) is 62.6 Å². The van der Waals surface area contributed by atoms with E-state index in [1.54, 1.807) is 30.0 Å². The first kappa shape index (κ1) is 22.4. The van der Waals surface area contributed by atoms with Crippen LogP contribution < -0.4 is 4.74 Å². The molecular weight excluding hydrogens is 445 g/mol. The third-order valence-corrected chi connectivity index (χ3v) is 5.88. The van der Waals surface area contributed by atoms with Gasteiger partial charge in [0.25, 0.3) is 5.91 Å². The molecule has 2 aromatic heterocycles. The Kier molecular flexibility index (Phi) is 6.03. The summed E-state index contributed by atoms with van der Waals surface area (Å²) in [4.78, 5) is 14.7. The largest absolute Gasteiger partial charge is 0.481 e. The molecule has 6 nitrogen and oxygen atoms in total. The van der Waals surface area contributed by atoms with Crippen LogP contribution in [-0.4, -0.2) is 44.6 Å². The number of benzene rings is 1. The van der Waals surface area contributed by atoms with E-state index >= 15 is 0 Å². The van der Waals surface area contributed by atoms with Crippen LogP contribution in [0.15, 0.2) is 36.5 Å². The van der Waals surface area contributed by atoms with Gasteiger partial charge in [-0.2, -0.15) is 13.2 Å². The van der Waals surface area contributed by atoms with Crippen molar-refractivity contribution in [3.8, 4) is 5.75 Å². The van der Waals surface area contributed by atoms with Crippen LogP contribution in [0.2, 0.25) is 5.02 Å². The predicted octanol–water partition coefficient (Wildman–Crippen LogP) is 4.88. The fraction of sp³-hybridized carbons (Fsp3) is 0.409. The average Bonchev–Trinajstić information content (AvgIpc) is 3.18. The van der Waals surface area contributed by atoms with Gasteiger partial charge in [-0.3, -0.25) is 9.20 Å². The lowest BCUT2D eigenvalue weighted by Crippen LogP contribution is -2.45. The zero-order chi connectivity index (χ0) is 23.0. The number of nitrogens with zero attached hydrogens (tertiary/aromatic N) is 4. The molecule has 1 saturated heterocycles. The lowest BCUT2D eigenvalue weighted by Gasteiger charge is -2.33. The SMILES string of the molecule is Cc1cc(Cl)ccc1OC(C)C(=O)N1CCCC(c2nnc3ccc(C(F)(F)F)cn23)C1. The number of pyridine rings is 1.